The maximum absolute atomic E-state index is 13.1. The van der Waals surface area contributed by atoms with Crippen LogP contribution < -0.4 is 10.6 Å². The summed E-state index contributed by atoms with van der Waals surface area (Å²) in [6, 6.07) is 10.3. The van der Waals surface area contributed by atoms with Crippen LogP contribution >= 0.6 is 11.6 Å². The smallest absolute Gasteiger partial charge is 0.341 e. The topological polar surface area (TPSA) is 87.7 Å². The molecule has 0 aliphatic carbocycles. The third-order valence-electron chi connectivity index (χ3n) is 3.41. The summed E-state index contributed by atoms with van der Waals surface area (Å²) in [5.41, 5.74) is 1.02. The van der Waals surface area contributed by atoms with Gasteiger partial charge in [-0.25, -0.2) is 9.18 Å². The lowest BCUT2D eigenvalue weighted by Crippen LogP contribution is -2.30. The van der Waals surface area contributed by atoms with E-state index in [0.717, 1.165) is 6.07 Å². The number of nitrogens with one attached hydrogen (secondary N) is 2. The van der Waals surface area contributed by atoms with Gasteiger partial charge in [0.1, 0.15) is 5.82 Å². The van der Waals surface area contributed by atoms with Crippen molar-refractivity contribution < 1.29 is 23.8 Å². The minimum Gasteiger partial charge on any atom is -0.449 e. The fourth-order valence-corrected chi connectivity index (χ4v) is 2.28. The first kappa shape index (κ1) is 19.7. The van der Waals surface area contributed by atoms with Crippen molar-refractivity contribution in [1.29, 1.82) is 0 Å². The predicted octanol–water partition coefficient (Wildman–Crippen LogP) is 3.07. The van der Waals surface area contributed by atoms with E-state index in [0.29, 0.717) is 5.69 Å². The molecular formula is C18H18ClFN2O4. The summed E-state index contributed by atoms with van der Waals surface area (Å²) in [6.45, 7) is 1.59. The second-order valence-electron chi connectivity index (χ2n) is 5.36. The molecule has 1 atom stereocenters. The fourth-order valence-electron chi connectivity index (χ4n) is 2.10. The molecule has 8 heteroatoms. The molecule has 138 valence electrons. The summed E-state index contributed by atoms with van der Waals surface area (Å²) >= 11 is 5.66. The molecule has 6 nitrogen and oxygen atoms in total. The molecule has 0 fully saturated rings. The highest BCUT2D eigenvalue weighted by atomic mass is 35.5. The number of hydrogen-bond donors (Lipinski definition) is 3. The van der Waals surface area contributed by atoms with E-state index >= 15 is 0 Å². The SMILES string of the molecule is C[C@H](OC(=O)c1ccccc1NCCO)C(=O)Nc1ccc(F)c(Cl)c1. The largest absolute Gasteiger partial charge is 0.449 e. The summed E-state index contributed by atoms with van der Waals surface area (Å²) in [6.07, 6.45) is -1.09. The van der Waals surface area contributed by atoms with E-state index < -0.39 is 23.8 Å². The second kappa shape index (κ2) is 9.17. The molecule has 0 aliphatic heterocycles. The number of carbonyl (C=O) groups is 2. The Morgan fingerprint density at radius 1 is 1.27 bits per heavy atom. The highest BCUT2D eigenvalue weighted by Gasteiger charge is 2.21. The number of aliphatic hydroxyl groups is 1. The number of hydrogen-bond acceptors (Lipinski definition) is 5. The minimum atomic E-state index is -1.09. The Bertz CT molecular complexity index is 801. The van der Waals surface area contributed by atoms with Gasteiger partial charge in [0.2, 0.25) is 0 Å². The summed E-state index contributed by atoms with van der Waals surface area (Å²) in [7, 11) is 0. The van der Waals surface area contributed by atoms with Crippen LogP contribution in [0.3, 0.4) is 0 Å². The number of aliphatic hydroxyl groups excluding tert-OH is 1. The van der Waals surface area contributed by atoms with E-state index in [9.17, 15) is 14.0 Å². The molecule has 2 rings (SSSR count). The highest BCUT2D eigenvalue weighted by molar-refractivity contribution is 6.31. The fraction of sp³-hybridized carbons (Fsp3) is 0.222. The Morgan fingerprint density at radius 3 is 2.69 bits per heavy atom. The molecule has 1 amide bonds. The normalized spacial score (nSPS) is 11.5. The van der Waals surface area contributed by atoms with Gasteiger partial charge in [0.25, 0.3) is 5.91 Å². The molecule has 26 heavy (non-hydrogen) atoms. The number of anilines is 2. The molecule has 0 saturated carbocycles. The van der Waals surface area contributed by atoms with E-state index in [-0.39, 0.29) is 29.4 Å². The zero-order valence-electron chi connectivity index (χ0n) is 14.0. The number of carbonyl (C=O) groups excluding carboxylic acids is 2. The molecule has 3 N–H and O–H groups in total. The van der Waals surface area contributed by atoms with Crippen LogP contribution in [0.1, 0.15) is 17.3 Å². The number of para-hydroxylation sites is 1. The Hall–Kier alpha value is -2.64. The van der Waals surface area contributed by atoms with Gasteiger partial charge in [-0.2, -0.15) is 0 Å². The van der Waals surface area contributed by atoms with Crippen molar-refractivity contribution in [2.24, 2.45) is 0 Å². The van der Waals surface area contributed by atoms with Crippen LogP contribution in [0.25, 0.3) is 0 Å². The number of ether oxygens (including phenoxy) is 1. The maximum atomic E-state index is 13.1. The van der Waals surface area contributed by atoms with Crippen molar-refractivity contribution in [1.82, 2.24) is 0 Å². The van der Waals surface area contributed by atoms with Gasteiger partial charge in [0.15, 0.2) is 6.10 Å². The van der Waals surface area contributed by atoms with Crippen LogP contribution in [0, 0.1) is 5.82 Å². The molecule has 2 aromatic rings. The van der Waals surface area contributed by atoms with Gasteiger partial charge in [-0.3, -0.25) is 4.79 Å². The third kappa shape index (κ3) is 5.18. The minimum absolute atomic E-state index is 0.0948. The van der Waals surface area contributed by atoms with Crippen LogP contribution in [0.2, 0.25) is 5.02 Å². The zero-order chi connectivity index (χ0) is 19.1. The van der Waals surface area contributed by atoms with Crippen LogP contribution in [-0.2, 0) is 9.53 Å². The standard InChI is InChI=1S/C18H18ClFN2O4/c1-11(17(24)22-12-6-7-15(20)14(19)10-12)26-18(25)13-4-2-3-5-16(13)21-8-9-23/h2-7,10-11,21,23H,8-9H2,1H3,(H,22,24)/t11-/m0/s1. The number of amides is 1. The van der Waals surface area contributed by atoms with Gasteiger partial charge in [-0.05, 0) is 37.3 Å². The molecule has 0 aromatic heterocycles. The van der Waals surface area contributed by atoms with Crippen LogP contribution in [0.4, 0.5) is 15.8 Å². The zero-order valence-corrected chi connectivity index (χ0v) is 14.7. The Kier molecular flexibility index (Phi) is 6.94. The van der Waals surface area contributed by atoms with Crippen molar-refractivity contribution in [2.45, 2.75) is 13.0 Å². The Morgan fingerprint density at radius 2 is 2.00 bits per heavy atom. The lowest BCUT2D eigenvalue weighted by molar-refractivity contribution is -0.123. The third-order valence-corrected chi connectivity index (χ3v) is 3.70. The van der Waals surface area contributed by atoms with Gasteiger partial charge < -0.3 is 20.5 Å². The van der Waals surface area contributed by atoms with Gasteiger partial charge in [0, 0.05) is 17.9 Å². The molecule has 0 radical (unpaired) electrons. The number of rotatable bonds is 7. The molecule has 0 aliphatic rings. The number of esters is 1. The highest BCUT2D eigenvalue weighted by Crippen LogP contribution is 2.20. The average molecular weight is 381 g/mol. The van der Waals surface area contributed by atoms with Crippen LogP contribution in [0.15, 0.2) is 42.5 Å². The number of benzene rings is 2. The first-order valence-electron chi connectivity index (χ1n) is 7.83. The molecule has 0 saturated heterocycles. The van der Waals surface area contributed by atoms with E-state index in [4.69, 9.17) is 21.4 Å². The molecule has 0 bridgehead atoms. The quantitative estimate of drug-likeness (QED) is 0.642. The van der Waals surface area contributed by atoms with Gasteiger partial charge in [-0.1, -0.05) is 23.7 Å². The van der Waals surface area contributed by atoms with Crippen LogP contribution in [0.5, 0.6) is 0 Å². The summed E-state index contributed by atoms with van der Waals surface area (Å²) in [4.78, 5) is 24.5. The van der Waals surface area contributed by atoms with Crippen molar-refractivity contribution in [3.63, 3.8) is 0 Å². The van der Waals surface area contributed by atoms with Gasteiger partial charge in [-0.15, -0.1) is 0 Å². The van der Waals surface area contributed by atoms with E-state index in [1.54, 1.807) is 24.3 Å². The van der Waals surface area contributed by atoms with Crippen molar-refractivity contribution >= 4 is 34.9 Å². The second-order valence-corrected chi connectivity index (χ2v) is 5.77. The van der Waals surface area contributed by atoms with Crippen molar-refractivity contribution in [3.05, 3.63) is 58.9 Å². The summed E-state index contributed by atoms with van der Waals surface area (Å²) in [5, 5.41) is 14.2. The Balaban J connectivity index is 2.02. The molecule has 2 aromatic carbocycles. The first-order valence-corrected chi connectivity index (χ1v) is 8.21. The van der Waals surface area contributed by atoms with Crippen molar-refractivity contribution in [2.75, 3.05) is 23.8 Å². The van der Waals surface area contributed by atoms with Gasteiger partial charge in [0.05, 0.1) is 17.2 Å². The maximum Gasteiger partial charge on any atom is 0.341 e. The van der Waals surface area contributed by atoms with Crippen molar-refractivity contribution in [3.8, 4) is 0 Å². The average Bonchev–Trinajstić information content (AvgIpc) is 2.63. The lowest BCUT2D eigenvalue weighted by atomic mass is 10.1. The van der Waals surface area contributed by atoms with E-state index in [2.05, 4.69) is 10.6 Å². The summed E-state index contributed by atoms with van der Waals surface area (Å²) < 4.78 is 18.3. The predicted molar refractivity (Wildman–Crippen MR) is 96.9 cm³/mol. The van der Waals surface area contributed by atoms with E-state index in [1.165, 1.54) is 19.1 Å². The Labute approximate surface area is 154 Å². The lowest BCUT2D eigenvalue weighted by Gasteiger charge is -2.15. The molecule has 0 unspecified atom stereocenters. The molecule has 0 heterocycles. The number of halogens is 2. The monoisotopic (exact) mass is 380 g/mol. The van der Waals surface area contributed by atoms with E-state index in [1.807, 2.05) is 0 Å². The first-order chi connectivity index (χ1) is 12.4. The van der Waals surface area contributed by atoms with Crippen LogP contribution in [-0.4, -0.2) is 36.2 Å². The molecule has 0 spiro atoms. The molecular weight excluding hydrogens is 363 g/mol. The van der Waals surface area contributed by atoms with Gasteiger partial charge >= 0.3 is 5.97 Å². The summed E-state index contributed by atoms with van der Waals surface area (Å²) in [5.74, 6) is -1.87.